The summed E-state index contributed by atoms with van der Waals surface area (Å²) in [5.74, 6) is -0.626. The summed E-state index contributed by atoms with van der Waals surface area (Å²) in [6.45, 7) is 0.256. The molecule has 0 aliphatic carbocycles. The van der Waals surface area contributed by atoms with Gasteiger partial charge < -0.3 is 9.68 Å². The molecule has 1 aliphatic rings. The Kier molecular flexibility index (Phi) is 3.44. The lowest BCUT2D eigenvalue weighted by molar-refractivity contribution is 0.100. The van der Waals surface area contributed by atoms with Crippen LogP contribution in [0, 0.1) is 0 Å². The van der Waals surface area contributed by atoms with Crippen molar-refractivity contribution >= 4 is 36.4 Å². The maximum atomic E-state index is 11.6. The number of benzene rings is 1. The molecule has 3 N–H and O–H groups in total. The first-order valence-corrected chi connectivity index (χ1v) is 5.09. The standard InChI is InChI=1S/C9H8BClN2O4/c11-8-1-5-3-17-10(15)7(5)2-6(8)9(14)12-4-13-16/h1-2,4,15-16H,3H2,(H,12,13,14). The van der Waals surface area contributed by atoms with Gasteiger partial charge in [-0.3, -0.25) is 15.5 Å². The van der Waals surface area contributed by atoms with Gasteiger partial charge in [0.25, 0.3) is 5.91 Å². The molecule has 0 unspecified atom stereocenters. The molecule has 0 radical (unpaired) electrons. The van der Waals surface area contributed by atoms with Crippen LogP contribution in [0.5, 0.6) is 0 Å². The monoisotopic (exact) mass is 254 g/mol. The van der Waals surface area contributed by atoms with Crippen molar-refractivity contribution in [1.29, 1.82) is 0 Å². The first-order valence-electron chi connectivity index (χ1n) is 4.72. The maximum Gasteiger partial charge on any atom is 0.491 e. The molecule has 2 rings (SSSR count). The Balaban J connectivity index is 2.39. The Morgan fingerprint density at radius 1 is 1.65 bits per heavy atom. The predicted molar refractivity (Wildman–Crippen MR) is 61.6 cm³/mol. The third-order valence-electron chi connectivity index (χ3n) is 2.36. The van der Waals surface area contributed by atoms with Crippen LogP contribution in [0.4, 0.5) is 0 Å². The first-order chi connectivity index (χ1) is 8.13. The Morgan fingerprint density at radius 2 is 2.41 bits per heavy atom. The fourth-order valence-electron chi connectivity index (χ4n) is 1.57. The third kappa shape index (κ3) is 2.32. The van der Waals surface area contributed by atoms with Crippen molar-refractivity contribution in [1.82, 2.24) is 5.48 Å². The summed E-state index contributed by atoms with van der Waals surface area (Å²) in [6.07, 6.45) is 0.832. The summed E-state index contributed by atoms with van der Waals surface area (Å²) < 4.78 is 4.99. The van der Waals surface area contributed by atoms with Gasteiger partial charge in [-0.05, 0) is 23.2 Å². The number of fused-ring (bicyclic) bond motifs is 1. The molecular weight excluding hydrogens is 246 g/mol. The highest BCUT2D eigenvalue weighted by Crippen LogP contribution is 2.21. The van der Waals surface area contributed by atoms with E-state index in [0.717, 1.165) is 11.9 Å². The van der Waals surface area contributed by atoms with Crippen LogP contribution in [0.15, 0.2) is 17.1 Å². The van der Waals surface area contributed by atoms with E-state index in [1.165, 1.54) is 6.07 Å². The zero-order valence-corrected chi connectivity index (χ0v) is 9.31. The fourth-order valence-corrected chi connectivity index (χ4v) is 1.83. The van der Waals surface area contributed by atoms with E-state index >= 15 is 0 Å². The molecule has 0 aromatic heterocycles. The number of nitrogens with zero attached hydrogens (tertiary/aromatic N) is 1. The Bertz CT molecular complexity index is 494. The smallest absolute Gasteiger partial charge is 0.423 e. The molecule has 8 heteroatoms. The van der Waals surface area contributed by atoms with Crippen molar-refractivity contribution < 1.29 is 19.7 Å². The number of halogens is 1. The van der Waals surface area contributed by atoms with Crippen molar-refractivity contribution in [2.24, 2.45) is 4.99 Å². The van der Waals surface area contributed by atoms with Crippen LogP contribution in [0.25, 0.3) is 0 Å². The van der Waals surface area contributed by atoms with Gasteiger partial charge in [0.2, 0.25) is 0 Å². The lowest BCUT2D eigenvalue weighted by Crippen LogP contribution is -2.28. The zero-order valence-electron chi connectivity index (χ0n) is 8.55. The summed E-state index contributed by atoms with van der Waals surface area (Å²) in [5.41, 5.74) is 3.00. The number of aliphatic imine (C=N–C) groups is 1. The summed E-state index contributed by atoms with van der Waals surface area (Å²) in [4.78, 5) is 15.0. The van der Waals surface area contributed by atoms with Crippen LogP contribution in [0.1, 0.15) is 15.9 Å². The van der Waals surface area contributed by atoms with E-state index in [-0.39, 0.29) is 17.2 Å². The van der Waals surface area contributed by atoms with Crippen LogP contribution in [0.2, 0.25) is 5.02 Å². The molecular formula is C9H8BClN2O4. The van der Waals surface area contributed by atoms with Crippen LogP contribution < -0.4 is 10.9 Å². The Morgan fingerprint density at radius 3 is 3.12 bits per heavy atom. The lowest BCUT2D eigenvalue weighted by Gasteiger charge is -2.04. The Labute approximate surface area is 102 Å². The lowest BCUT2D eigenvalue weighted by atomic mass is 9.78. The van der Waals surface area contributed by atoms with Crippen LogP contribution >= 0.6 is 11.6 Å². The van der Waals surface area contributed by atoms with E-state index in [4.69, 9.17) is 21.5 Å². The highest BCUT2D eigenvalue weighted by Gasteiger charge is 2.29. The number of hydrogen-bond donors (Lipinski definition) is 3. The van der Waals surface area contributed by atoms with E-state index in [2.05, 4.69) is 4.99 Å². The van der Waals surface area contributed by atoms with Gasteiger partial charge in [-0.1, -0.05) is 11.6 Å². The van der Waals surface area contributed by atoms with Crippen LogP contribution in [0.3, 0.4) is 0 Å². The summed E-state index contributed by atoms with van der Waals surface area (Å²) >= 11 is 5.91. The van der Waals surface area contributed by atoms with Crippen molar-refractivity contribution in [2.45, 2.75) is 6.61 Å². The SMILES string of the molecule is O=C(/N=C/NO)c1cc2c(cc1Cl)COB2O. The van der Waals surface area contributed by atoms with Gasteiger partial charge in [0, 0.05) is 0 Å². The minimum Gasteiger partial charge on any atom is -0.423 e. The number of carbonyl (C=O) groups excluding carboxylic acids is 1. The quantitative estimate of drug-likeness (QED) is 0.292. The van der Waals surface area contributed by atoms with Crippen molar-refractivity contribution in [3.05, 3.63) is 28.3 Å². The highest BCUT2D eigenvalue weighted by atomic mass is 35.5. The molecule has 17 heavy (non-hydrogen) atoms. The molecule has 0 atom stereocenters. The minimum atomic E-state index is -1.05. The van der Waals surface area contributed by atoms with Gasteiger partial charge in [0.05, 0.1) is 17.2 Å². The molecule has 88 valence electrons. The van der Waals surface area contributed by atoms with E-state index in [1.807, 2.05) is 0 Å². The normalized spacial score (nSPS) is 14.2. The predicted octanol–water partition coefficient (Wildman–Crippen LogP) is -0.295. The first kappa shape index (κ1) is 12.1. The summed E-state index contributed by atoms with van der Waals surface area (Å²) in [6, 6.07) is 2.99. The zero-order chi connectivity index (χ0) is 12.4. The van der Waals surface area contributed by atoms with E-state index in [0.29, 0.717) is 5.46 Å². The molecule has 0 saturated carbocycles. The van der Waals surface area contributed by atoms with E-state index < -0.39 is 13.0 Å². The number of rotatable bonds is 2. The molecule has 1 amide bonds. The van der Waals surface area contributed by atoms with E-state index in [1.54, 1.807) is 11.5 Å². The van der Waals surface area contributed by atoms with Gasteiger partial charge in [-0.2, -0.15) is 4.99 Å². The molecule has 1 heterocycles. The molecule has 0 bridgehead atoms. The molecule has 1 aliphatic heterocycles. The largest absolute Gasteiger partial charge is 0.491 e. The summed E-state index contributed by atoms with van der Waals surface area (Å²) in [7, 11) is -1.05. The number of nitrogens with one attached hydrogen (secondary N) is 1. The van der Waals surface area contributed by atoms with Gasteiger partial charge in [-0.15, -0.1) is 0 Å². The van der Waals surface area contributed by atoms with Crippen LogP contribution in [-0.2, 0) is 11.3 Å². The molecule has 6 nitrogen and oxygen atoms in total. The van der Waals surface area contributed by atoms with Gasteiger partial charge in [0.15, 0.2) is 0 Å². The molecule has 1 aromatic rings. The number of carbonyl (C=O) groups is 1. The number of amides is 1. The van der Waals surface area contributed by atoms with E-state index in [9.17, 15) is 9.82 Å². The second-order valence-electron chi connectivity index (χ2n) is 3.39. The average Bonchev–Trinajstić information content (AvgIpc) is 2.66. The fraction of sp³-hybridized carbons (Fsp3) is 0.111. The summed E-state index contributed by atoms with van der Waals surface area (Å²) in [5, 5.41) is 18.0. The van der Waals surface area contributed by atoms with Gasteiger partial charge in [-0.25, -0.2) is 0 Å². The third-order valence-corrected chi connectivity index (χ3v) is 2.67. The van der Waals surface area contributed by atoms with Crippen LogP contribution in [-0.4, -0.2) is 29.6 Å². The average molecular weight is 254 g/mol. The number of hydrogen-bond acceptors (Lipinski definition) is 4. The molecule has 0 fully saturated rings. The molecule has 0 spiro atoms. The topological polar surface area (TPSA) is 91.2 Å². The van der Waals surface area contributed by atoms with Gasteiger partial charge >= 0.3 is 7.12 Å². The van der Waals surface area contributed by atoms with Crippen molar-refractivity contribution in [3.8, 4) is 0 Å². The maximum absolute atomic E-state index is 11.6. The number of hydroxylamine groups is 1. The molecule has 1 aromatic carbocycles. The highest BCUT2D eigenvalue weighted by molar-refractivity contribution is 6.61. The second-order valence-corrected chi connectivity index (χ2v) is 3.79. The Hall–Kier alpha value is -1.41. The second kappa shape index (κ2) is 4.85. The molecule has 0 saturated heterocycles. The van der Waals surface area contributed by atoms with Gasteiger partial charge in [0.1, 0.15) is 6.34 Å². The minimum absolute atomic E-state index is 0.140. The van der Waals surface area contributed by atoms with Crippen molar-refractivity contribution in [2.75, 3.05) is 0 Å². The van der Waals surface area contributed by atoms with Crippen molar-refractivity contribution in [3.63, 3.8) is 0 Å².